The average Bonchev–Trinajstić information content (AvgIpc) is 2.34. The number of halogens is 1. The average molecular weight is 277 g/mol. The summed E-state index contributed by atoms with van der Waals surface area (Å²) in [5, 5.41) is 12.2. The molecular formula is C14H13ClN2O2. The summed E-state index contributed by atoms with van der Waals surface area (Å²) in [6, 6.07) is 11.7. The second-order valence-corrected chi connectivity index (χ2v) is 4.54. The highest BCUT2D eigenvalue weighted by molar-refractivity contribution is 6.32. The molecule has 0 aromatic heterocycles. The van der Waals surface area contributed by atoms with Crippen molar-refractivity contribution in [1.29, 1.82) is 0 Å². The molecule has 5 heteroatoms. The molecule has 2 aromatic carbocycles. The fraction of sp³-hybridized carbons (Fsp3) is 0.0714. The molecule has 4 N–H and O–H groups in total. The molecule has 0 bridgehead atoms. The number of phenols is 1. The summed E-state index contributed by atoms with van der Waals surface area (Å²) < 4.78 is 0. The summed E-state index contributed by atoms with van der Waals surface area (Å²) in [6.07, 6.45) is 0.226. The summed E-state index contributed by atoms with van der Waals surface area (Å²) in [5.41, 5.74) is 7.64. The van der Waals surface area contributed by atoms with Crippen LogP contribution in [0.15, 0.2) is 42.5 Å². The number of hydrogen-bond acceptors (Lipinski definition) is 3. The normalized spacial score (nSPS) is 10.2. The van der Waals surface area contributed by atoms with Gasteiger partial charge in [-0.15, -0.1) is 0 Å². The zero-order valence-electron chi connectivity index (χ0n) is 10.1. The Hall–Kier alpha value is -2.20. The minimum absolute atomic E-state index is 0.0181. The van der Waals surface area contributed by atoms with Crippen molar-refractivity contribution in [3.8, 4) is 5.75 Å². The standard InChI is InChI=1S/C14H13ClN2O2/c15-12-8-11(4-5-13(12)18)17-14(19)7-9-2-1-3-10(16)6-9/h1-6,8,18H,7,16H2,(H,17,19). The van der Waals surface area contributed by atoms with Crippen LogP contribution in [-0.4, -0.2) is 11.0 Å². The fourth-order valence-corrected chi connectivity index (χ4v) is 1.86. The van der Waals surface area contributed by atoms with Gasteiger partial charge >= 0.3 is 0 Å². The van der Waals surface area contributed by atoms with E-state index in [1.54, 1.807) is 24.3 Å². The molecule has 2 aromatic rings. The number of anilines is 2. The van der Waals surface area contributed by atoms with Crippen LogP contribution in [0.5, 0.6) is 5.75 Å². The molecule has 0 radical (unpaired) electrons. The first-order valence-corrected chi connectivity index (χ1v) is 6.05. The lowest BCUT2D eigenvalue weighted by molar-refractivity contribution is -0.115. The van der Waals surface area contributed by atoms with Crippen LogP contribution in [0.2, 0.25) is 5.02 Å². The van der Waals surface area contributed by atoms with Crippen molar-refractivity contribution in [2.24, 2.45) is 0 Å². The first-order valence-electron chi connectivity index (χ1n) is 5.67. The van der Waals surface area contributed by atoms with Crippen molar-refractivity contribution >= 4 is 28.9 Å². The zero-order valence-corrected chi connectivity index (χ0v) is 10.8. The number of aromatic hydroxyl groups is 1. The van der Waals surface area contributed by atoms with Crippen molar-refractivity contribution in [3.05, 3.63) is 53.1 Å². The number of phenolic OH excluding ortho intramolecular Hbond substituents is 1. The Morgan fingerprint density at radius 3 is 2.74 bits per heavy atom. The maximum atomic E-state index is 11.8. The van der Waals surface area contributed by atoms with Crippen LogP contribution in [0.1, 0.15) is 5.56 Å². The number of amides is 1. The molecule has 0 aliphatic carbocycles. The van der Waals surface area contributed by atoms with Crippen LogP contribution in [0, 0.1) is 0 Å². The van der Waals surface area contributed by atoms with Crippen LogP contribution in [0.4, 0.5) is 11.4 Å². The molecule has 0 aliphatic rings. The number of nitrogen functional groups attached to an aromatic ring is 1. The number of hydrogen-bond donors (Lipinski definition) is 3. The van der Waals surface area contributed by atoms with E-state index in [9.17, 15) is 9.90 Å². The number of nitrogens with two attached hydrogens (primary N) is 1. The van der Waals surface area contributed by atoms with Gasteiger partial charge in [0.2, 0.25) is 5.91 Å². The molecule has 98 valence electrons. The van der Waals surface area contributed by atoms with Gasteiger partial charge in [0.05, 0.1) is 11.4 Å². The summed E-state index contributed by atoms with van der Waals surface area (Å²) in [7, 11) is 0. The minimum atomic E-state index is -0.174. The third-order valence-electron chi connectivity index (χ3n) is 2.55. The smallest absolute Gasteiger partial charge is 0.228 e. The molecule has 0 atom stereocenters. The highest BCUT2D eigenvalue weighted by Gasteiger charge is 2.06. The highest BCUT2D eigenvalue weighted by Crippen LogP contribution is 2.26. The van der Waals surface area contributed by atoms with Gasteiger partial charge in [0.25, 0.3) is 0 Å². The van der Waals surface area contributed by atoms with Crippen molar-refractivity contribution in [1.82, 2.24) is 0 Å². The Morgan fingerprint density at radius 2 is 2.05 bits per heavy atom. The van der Waals surface area contributed by atoms with Crippen molar-refractivity contribution in [2.75, 3.05) is 11.1 Å². The van der Waals surface area contributed by atoms with Crippen molar-refractivity contribution in [2.45, 2.75) is 6.42 Å². The van der Waals surface area contributed by atoms with Crippen LogP contribution in [0.3, 0.4) is 0 Å². The molecule has 0 saturated carbocycles. The lowest BCUT2D eigenvalue weighted by Crippen LogP contribution is -2.14. The van der Waals surface area contributed by atoms with Crippen LogP contribution in [-0.2, 0) is 11.2 Å². The van der Waals surface area contributed by atoms with Gasteiger partial charge in [0.1, 0.15) is 5.75 Å². The second-order valence-electron chi connectivity index (χ2n) is 4.14. The molecule has 4 nitrogen and oxygen atoms in total. The van der Waals surface area contributed by atoms with E-state index >= 15 is 0 Å². The number of benzene rings is 2. The summed E-state index contributed by atoms with van der Waals surface area (Å²) >= 11 is 5.76. The SMILES string of the molecule is Nc1cccc(CC(=O)Nc2ccc(O)c(Cl)c2)c1. The van der Waals surface area contributed by atoms with Gasteiger partial charge in [-0.2, -0.15) is 0 Å². The van der Waals surface area contributed by atoms with Crippen molar-refractivity contribution < 1.29 is 9.90 Å². The third-order valence-corrected chi connectivity index (χ3v) is 2.85. The lowest BCUT2D eigenvalue weighted by atomic mass is 10.1. The molecule has 0 unspecified atom stereocenters. The first kappa shape index (κ1) is 13.2. The van der Waals surface area contributed by atoms with E-state index in [-0.39, 0.29) is 23.1 Å². The number of carbonyl (C=O) groups is 1. The quantitative estimate of drug-likeness (QED) is 0.596. The van der Waals surface area contributed by atoms with Gasteiger partial charge in [0, 0.05) is 11.4 Å². The van der Waals surface area contributed by atoms with Crippen molar-refractivity contribution in [3.63, 3.8) is 0 Å². The minimum Gasteiger partial charge on any atom is -0.506 e. The third kappa shape index (κ3) is 3.63. The largest absolute Gasteiger partial charge is 0.506 e. The predicted molar refractivity (Wildman–Crippen MR) is 76.3 cm³/mol. The molecule has 1 amide bonds. The molecule has 19 heavy (non-hydrogen) atoms. The summed E-state index contributed by atoms with van der Waals surface area (Å²) in [5.74, 6) is -0.192. The predicted octanol–water partition coefficient (Wildman–Crippen LogP) is 2.81. The Morgan fingerprint density at radius 1 is 1.26 bits per heavy atom. The van der Waals surface area contributed by atoms with Crippen LogP contribution >= 0.6 is 11.6 Å². The molecule has 0 fully saturated rings. The van der Waals surface area contributed by atoms with E-state index in [2.05, 4.69) is 5.32 Å². The van der Waals surface area contributed by atoms with Gasteiger partial charge in [0.15, 0.2) is 0 Å². The van der Waals surface area contributed by atoms with Gasteiger partial charge in [-0.05, 0) is 35.9 Å². The Balaban J connectivity index is 2.03. The highest BCUT2D eigenvalue weighted by atomic mass is 35.5. The van der Waals surface area contributed by atoms with Gasteiger partial charge < -0.3 is 16.2 Å². The summed E-state index contributed by atoms with van der Waals surface area (Å²) in [6.45, 7) is 0. The molecular weight excluding hydrogens is 264 g/mol. The maximum Gasteiger partial charge on any atom is 0.228 e. The summed E-state index contributed by atoms with van der Waals surface area (Å²) in [4.78, 5) is 11.8. The van der Waals surface area contributed by atoms with Crippen LogP contribution in [0.25, 0.3) is 0 Å². The Kier molecular flexibility index (Phi) is 3.92. The molecule has 2 rings (SSSR count). The first-order chi connectivity index (χ1) is 9.04. The fourth-order valence-electron chi connectivity index (χ4n) is 1.68. The molecule has 0 saturated heterocycles. The van der Waals surface area contributed by atoms with Gasteiger partial charge in [-0.3, -0.25) is 4.79 Å². The lowest BCUT2D eigenvalue weighted by Gasteiger charge is -2.07. The number of carbonyl (C=O) groups excluding carboxylic acids is 1. The maximum absolute atomic E-state index is 11.8. The Bertz CT molecular complexity index is 614. The van der Waals surface area contributed by atoms with E-state index < -0.39 is 0 Å². The topological polar surface area (TPSA) is 75.4 Å². The van der Waals surface area contributed by atoms with Crippen LogP contribution < -0.4 is 11.1 Å². The van der Waals surface area contributed by atoms with Gasteiger partial charge in [-0.25, -0.2) is 0 Å². The molecule has 0 aliphatic heterocycles. The molecule has 0 heterocycles. The number of nitrogens with one attached hydrogen (secondary N) is 1. The second kappa shape index (κ2) is 5.63. The van der Waals surface area contributed by atoms with E-state index in [4.69, 9.17) is 17.3 Å². The Labute approximate surface area is 115 Å². The van der Waals surface area contributed by atoms with E-state index in [1.165, 1.54) is 12.1 Å². The van der Waals surface area contributed by atoms with E-state index in [1.807, 2.05) is 6.07 Å². The van der Waals surface area contributed by atoms with E-state index in [0.29, 0.717) is 11.4 Å². The zero-order chi connectivity index (χ0) is 13.8. The van der Waals surface area contributed by atoms with E-state index in [0.717, 1.165) is 5.56 Å². The number of rotatable bonds is 3. The molecule has 0 spiro atoms. The van der Waals surface area contributed by atoms with Gasteiger partial charge in [-0.1, -0.05) is 23.7 Å². The monoisotopic (exact) mass is 276 g/mol.